The van der Waals surface area contributed by atoms with Crippen LogP contribution in [0.4, 0.5) is 8.78 Å². The minimum absolute atomic E-state index is 0.154. The van der Waals surface area contributed by atoms with Crippen LogP contribution < -0.4 is 5.32 Å². The molecular weight excluding hydrogens is 244 g/mol. The topological polar surface area (TPSA) is 12.0 Å². The van der Waals surface area contributed by atoms with Gasteiger partial charge in [0.2, 0.25) is 0 Å². The number of hydrogen-bond donors (Lipinski definition) is 1. The number of hydrogen-bond acceptors (Lipinski definition) is 1. The molecule has 100 valence electrons. The Morgan fingerprint density at radius 3 is 2.58 bits per heavy atom. The minimum Gasteiger partial charge on any atom is -0.310 e. The van der Waals surface area contributed by atoms with Crippen LogP contribution in [0.25, 0.3) is 0 Å². The Labute approximate surface area is 112 Å². The average molecular weight is 261 g/mol. The molecule has 0 saturated heterocycles. The van der Waals surface area contributed by atoms with Crippen LogP contribution in [0.15, 0.2) is 48.5 Å². The van der Waals surface area contributed by atoms with Gasteiger partial charge in [0.05, 0.1) is 0 Å². The molecule has 2 aromatic rings. The van der Waals surface area contributed by atoms with Crippen LogP contribution in [-0.4, -0.2) is 6.04 Å². The Morgan fingerprint density at radius 2 is 1.84 bits per heavy atom. The summed E-state index contributed by atoms with van der Waals surface area (Å²) in [6.45, 7) is 2.48. The Kier molecular flexibility index (Phi) is 4.63. The van der Waals surface area contributed by atoms with E-state index in [-0.39, 0.29) is 17.7 Å². The van der Waals surface area contributed by atoms with Crippen molar-refractivity contribution in [2.24, 2.45) is 0 Å². The first-order chi connectivity index (χ1) is 9.15. The zero-order valence-corrected chi connectivity index (χ0v) is 10.9. The highest BCUT2D eigenvalue weighted by Gasteiger charge is 2.06. The van der Waals surface area contributed by atoms with Crippen molar-refractivity contribution in [3.8, 4) is 0 Å². The molecule has 0 aliphatic rings. The molecule has 0 amide bonds. The molecule has 3 heteroatoms. The van der Waals surface area contributed by atoms with Crippen molar-refractivity contribution in [1.82, 2.24) is 5.32 Å². The van der Waals surface area contributed by atoms with E-state index in [4.69, 9.17) is 0 Å². The highest BCUT2D eigenvalue weighted by atomic mass is 19.1. The molecule has 0 bridgehead atoms. The molecule has 1 unspecified atom stereocenters. The van der Waals surface area contributed by atoms with Gasteiger partial charge in [-0.05, 0) is 37.1 Å². The molecule has 1 nitrogen and oxygen atoms in total. The van der Waals surface area contributed by atoms with Gasteiger partial charge >= 0.3 is 0 Å². The van der Waals surface area contributed by atoms with Crippen LogP contribution in [0.1, 0.15) is 18.1 Å². The molecule has 0 radical (unpaired) electrons. The quantitative estimate of drug-likeness (QED) is 0.865. The van der Waals surface area contributed by atoms with E-state index in [2.05, 4.69) is 5.32 Å². The number of halogens is 2. The van der Waals surface area contributed by atoms with Crippen molar-refractivity contribution in [3.63, 3.8) is 0 Å². The molecular formula is C16H17F2N. The van der Waals surface area contributed by atoms with E-state index in [9.17, 15) is 8.78 Å². The van der Waals surface area contributed by atoms with E-state index in [0.29, 0.717) is 18.5 Å². The first-order valence-corrected chi connectivity index (χ1v) is 6.36. The second-order valence-electron chi connectivity index (χ2n) is 4.71. The highest BCUT2D eigenvalue weighted by Crippen LogP contribution is 2.09. The first kappa shape index (κ1) is 13.7. The summed E-state index contributed by atoms with van der Waals surface area (Å²) in [6, 6.07) is 13.4. The van der Waals surface area contributed by atoms with Crippen LogP contribution in [0.5, 0.6) is 0 Å². The molecule has 0 fully saturated rings. The Hall–Kier alpha value is -1.74. The van der Waals surface area contributed by atoms with Crippen molar-refractivity contribution < 1.29 is 8.78 Å². The van der Waals surface area contributed by atoms with E-state index >= 15 is 0 Å². The van der Waals surface area contributed by atoms with Gasteiger partial charge in [-0.3, -0.25) is 0 Å². The molecule has 0 aromatic heterocycles. The summed E-state index contributed by atoms with van der Waals surface area (Å²) < 4.78 is 26.5. The van der Waals surface area contributed by atoms with Gasteiger partial charge in [0, 0.05) is 18.2 Å². The van der Waals surface area contributed by atoms with E-state index in [1.807, 2.05) is 19.1 Å². The van der Waals surface area contributed by atoms with Crippen molar-refractivity contribution >= 4 is 0 Å². The monoisotopic (exact) mass is 261 g/mol. The molecule has 19 heavy (non-hydrogen) atoms. The lowest BCUT2D eigenvalue weighted by atomic mass is 10.1. The molecule has 1 N–H and O–H groups in total. The SMILES string of the molecule is CC(Cc1cccc(F)c1)NCc1ccccc1F. The third kappa shape index (κ3) is 4.14. The van der Waals surface area contributed by atoms with Crippen molar-refractivity contribution in [2.75, 3.05) is 0 Å². The lowest BCUT2D eigenvalue weighted by Gasteiger charge is -2.14. The zero-order chi connectivity index (χ0) is 13.7. The standard InChI is InChI=1S/C16H17F2N/c1-12(9-13-5-4-7-15(17)10-13)19-11-14-6-2-3-8-16(14)18/h2-8,10,12,19H,9,11H2,1H3. The predicted molar refractivity (Wildman–Crippen MR) is 72.8 cm³/mol. The summed E-state index contributed by atoms with van der Waals surface area (Å²) in [5.41, 5.74) is 1.59. The molecule has 2 rings (SSSR count). The minimum atomic E-state index is -0.223. The Bertz CT molecular complexity index is 540. The average Bonchev–Trinajstić information content (AvgIpc) is 2.38. The van der Waals surface area contributed by atoms with E-state index < -0.39 is 0 Å². The van der Waals surface area contributed by atoms with Crippen LogP contribution >= 0.6 is 0 Å². The summed E-state index contributed by atoms with van der Waals surface area (Å²) >= 11 is 0. The normalized spacial score (nSPS) is 12.4. The van der Waals surface area contributed by atoms with Crippen LogP contribution in [0.2, 0.25) is 0 Å². The van der Waals surface area contributed by atoms with Crippen LogP contribution in [0, 0.1) is 11.6 Å². The number of benzene rings is 2. The van der Waals surface area contributed by atoms with Gasteiger partial charge in [-0.2, -0.15) is 0 Å². The maximum absolute atomic E-state index is 13.4. The van der Waals surface area contributed by atoms with E-state index in [1.54, 1.807) is 18.2 Å². The van der Waals surface area contributed by atoms with Gasteiger partial charge < -0.3 is 5.32 Å². The molecule has 0 saturated carbocycles. The third-order valence-electron chi connectivity index (χ3n) is 3.03. The van der Waals surface area contributed by atoms with Gasteiger partial charge in [0.15, 0.2) is 0 Å². The lowest BCUT2D eigenvalue weighted by Crippen LogP contribution is -2.27. The van der Waals surface area contributed by atoms with Gasteiger partial charge in [0.25, 0.3) is 0 Å². The van der Waals surface area contributed by atoms with Crippen molar-refractivity contribution in [2.45, 2.75) is 25.9 Å². The summed E-state index contributed by atoms with van der Waals surface area (Å²) in [7, 11) is 0. The Morgan fingerprint density at radius 1 is 1.05 bits per heavy atom. The highest BCUT2D eigenvalue weighted by molar-refractivity contribution is 5.18. The van der Waals surface area contributed by atoms with Gasteiger partial charge in [-0.25, -0.2) is 8.78 Å². The second kappa shape index (κ2) is 6.43. The molecule has 0 heterocycles. The Balaban J connectivity index is 1.88. The summed E-state index contributed by atoms with van der Waals surface area (Å²) in [4.78, 5) is 0. The molecule has 0 aliphatic carbocycles. The molecule has 2 aromatic carbocycles. The van der Waals surface area contributed by atoms with E-state index in [1.165, 1.54) is 18.2 Å². The van der Waals surface area contributed by atoms with Gasteiger partial charge in [-0.15, -0.1) is 0 Å². The molecule has 0 aliphatic heterocycles. The maximum Gasteiger partial charge on any atom is 0.127 e. The summed E-state index contributed by atoms with van der Waals surface area (Å²) in [5.74, 6) is -0.424. The fourth-order valence-electron chi connectivity index (χ4n) is 2.02. The van der Waals surface area contributed by atoms with Gasteiger partial charge in [-0.1, -0.05) is 30.3 Å². The summed E-state index contributed by atoms with van der Waals surface area (Å²) in [6.07, 6.45) is 0.714. The molecule has 0 spiro atoms. The predicted octanol–water partition coefficient (Wildman–Crippen LogP) is 3.69. The smallest absolute Gasteiger partial charge is 0.127 e. The largest absolute Gasteiger partial charge is 0.310 e. The first-order valence-electron chi connectivity index (χ1n) is 6.36. The fraction of sp³-hybridized carbons (Fsp3) is 0.250. The van der Waals surface area contributed by atoms with Crippen LogP contribution in [0.3, 0.4) is 0 Å². The number of rotatable bonds is 5. The van der Waals surface area contributed by atoms with Gasteiger partial charge in [0.1, 0.15) is 11.6 Å². The maximum atomic E-state index is 13.4. The number of nitrogens with one attached hydrogen (secondary N) is 1. The third-order valence-corrected chi connectivity index (χ3v) is 3.03. The molecule has 1 atom stereocenters. The lowest BCUT2D eigenvalue weighted by molar-refractivity contribution is 0.524. The summed E-state index contributed by atoms with van der Waals surface area (Å²) in [5, 5.41) is 3.25. The zero-order valence-electron chi connectivity index (χ0n) is 10.9. The van der Waals surface area contributed by atoms with E-state index in [0.717, 1.165) is 5.56 Å². The van der Waals surface area contributed by atoms with Crippen molar-refractivity contribution in [1.29, 1.82) is 0 Å². The van der Waals surface area contributed by atoms with Crippen molar-refractivity contribution in [3.05, 3.63) is 71.3 Å². The fourth-order valence-corrected chi connectivity index (χ4v) is 2.02. The van der Waals surface area contributed by atoms with Crippen LogP contribution in [-0.2, 0) is 13.0 Å². The second-order valence-corrected chi connectivity index (χ2v) is 4.71.